The van der Waals surface area contributed by atoms with E-state index in [1.165, 1.54) is 11.0 Å². The molecule has 0 aromatic heterocycles. The first-order chi connectivity index (χ1) is 15.7. The summed E-state index contributed by atoms with van der Waals surface area (Å²) in [4.78, 5) is 28.7. The summed E-state index contributed by atoms with van der Waals surface area (Å²) in [6.45, 7) is 1.67. The first-order valence-corrected chi connectivity index (χ1v) is 9.75. The first kappa shape index (κ1) is 22.1. The van der Waals surface area contributed by atoms with Gasteiger partial charge in [0.1, 0.15) is 11.6 Å². The van der Waals surface area contributed by atoms with Crippen molar-refractivity contribution in [2.24, 2.45) is 4.99 Å². The highest BCUT2D eigenvalue weighted by Gasteiger charge is 2.33. The van der Waals surface area contributed by atoms with Crippen LogP contribution in [0, 0.1) is 33.4 Å². The zero-order valence-corrected chi connectivity index (χ0v) is 17.1. The van der Waals surface area contributed by atoms with Gasteiger partial charge >= 0.3 is 5.69 Å². The van der Waals surface area contributed by atoms with Crippen LogP contribution in [0.15, 0.2) is 59.6 Å². The Kier molecular flexibility index (Phi) is 5.67. The molecule has 6 nitrogen and oxygen atoms in total. The zero-order chi connectivity index (χ0) is 23.9. The van der Waals surface area contributed by atoms with Crippen LogP contribution in [0.2, 0.25) is 0 Å². The van der Waals surface area contributed by atoms with E-state index in [9.17, 15) is 32.5 Å². The molecule has 10 heteroatoms. The van der Waals surface area contributed by atoms with Crippen LogP contribution in [0.25, 0.3) is 0 Å². The largest absolute Gasteiger partial charge is 0.305 e. The van der Waals surface area contributed by atoms with E-state index < -0.39 is 45.8 Å². The third kappa shape index (κ3) is 4.19. The molecule has 0 N–H and O–H groups in total. The monoisotopic (exact) mass is 457 g/mol. The number of halogens is 4. The van der Waals surface area contributed by atoms with Gasteiger partial charge in [0.2, 0.25) is 5.82 Å². The van der Waals surface area contributed by atoms with Crippen LogP contribution < -0.4 is 4.90 Å². The number of hydrogen-bond acceptors (Lipinski definition) is 4. The Morgan fingerprint density at radius 1 is 1.00 bits per heavy atom. The number of hydrogen-bond donors (Lipinski definition) is 0. The highest BCUT2D eigenvalue weighted by molar-refractivity contribution is 6.16. The third-order valence-electron chi connectivity index (χ3n) is 5.23. The standard InChI is InChI=1S/C23H15F4N3O3/c1-12-8-20(28-19-5-3-15(25)11-17(19)26)16-10-14(24)4-7-21(16)29(12)23(31)13-2-6-22(30(32)33)18(27)9-13/h2-7,9-12H,8H2,1H3. The van der Waals surface area contributed by atoms with E-state index in [-0.39, 0.29) is 34.6 Å². The number of carbonyl (C=O) groups is 1. The van der Waals surface area contributed by atoms with Gasteiger partial charge in [0.05, 0.1) is 22.0 Å². The van der Waals surface area contributed by atoms with Crippen molar-refractivity contribution in [3.8, 4) is 0 Å². The fraction of sp³-hybridized carbons (Fsp3) is 0.130. The van der Waals surface area contributed by atoms with Gasteiger partial charge in [0, 0.05) is 35.7 Å². The maximum atomic E-state index is 14.1. The molecule has 0 aliphatic carbocycles. The second-order valence-corrected chi connectivity index (χ2v) is 7.47. The van der Waals surface area contributed by atoms with E-state index in [1.54, 1.807) is 6.92 Å². The average Bonchev–Trinajstić information content (AvgIpc) is 2.75. The van der Waals surface area contributed by atoms with Crippen LogP contribution >= 0.6 is 0 Å². The number of rotatable bonds is 3. The number of anilines is 1. The molecule has 3 aromatic carbocycles. The van der Waals surface area contributed by atoms with Crippen LogP contribution in [0.4, 0.5) is 34.6 Å². The minimum atomic E-state index is -1.16. The van der Waals surface area contributed by atoms with Crippen molar-refractivity contribution < 1.29 is 27.3 Å². The molecule has 0 spiro atoms. The molecule has 1 heterocycles. The van der Waals surface area contributed by atoms with Crippen molar-refractivity contribution in [2.45, 2.75) is 19.4 Å². The highest BCUT2D eigenvalue weighted by Crippen LogP contribution is 2.35. The molecule has 1 amide bonds. The number of nitro groups is 1. The molecule has 0 fully saturated rings. The second-order valence-electron chi connectivity index (χ2n) is 7.47. The van der Waals surface area contributed by atoms with E-state index in [0.29, 0.717) is 6.07 Å². The van der Waals surface area contributed by atoms with E-state index in [2.05, 4.69) is 4.99 Å². The fourth-order valence-corrected chi connectivity index (χ4v) is 3.73. The predicted octanol–water partition coefficient (Wildman–Crippen LogP) is 5.71. The van der Waals surface area contributed by atoms with Gasteiger partial charge in [-0.3, -0.25) is 14.9 Å². The number of nitrogens with zero attached hydrogens (tertiary/aromatic N) is 3. The van der Waals surface area contributed by atoms with E-state index in [0.717, 1.165) is 42.5 Å². The number of amides is 1. The zero-order valence-electron chi connectivity index (χ0n) is 17.1. The molecule has 1 unspecified atom stereocenters. The molecule has 0 saturated carbocycles. The van der Waals surface area contributed by atoms with E-state index in [1.807, 2.05) is 0 Å². The molecule has 33 heavy (non-hydrogen) atoms. The summed E-state index contributed by atoms with van der Waals surface area (Å²) in [6, 6.07) is 8.72. The van der Waals surface area contributed by atoms with Crippen molar-refractivity contribution in [3.05, 3.63) is 99.1 Å². The van der Waals surface area contributed by atoms with Gasteiger partial charge < -0.3 is 4.90 Å². The summed E-state index contributed by atoms with van der Waals surface area (Å²) >= 11 is 0. The molecule has 1 aliphatic rings. The lowest BCUT2D eigenvalue weighted by molar-refractivity contribution is -0.387. The topological polar surface area (TPSA) is 75.8 Å². The van der Waals surface area contributed by atoms with Gasteiger partial charge in [-0.25, -0.2) is 18.2 Å². The number of benzene rings is 3. The Morgan fingerprint density at radius 3 is 2.36 bits per heavy atom. The van der Waals surface area contributed by atoms with Gasteiger partial charge in [0.25, 0.3) is 5.91 Å². The van der Waals surface area contributed by atoms with E-state index >= 15 is 0 Å². The third-order valence-corrected chi connectivity index (χ3v) is 5.23. The Labute approximate surface area is 184 Å². The lowest BCUT2D eigenvalue weighted by atomic mass is 9.93. The summed E-state index contributed by atoms with van der Waals surface area (Å²) < 4.78 is 55.5. The smallest absolute Gasteiger partial charge is 0.304 e. The van der Waals surface area contributed by atoms with Gasteiger partial charge in [-0.2, -0.15) is 4.39 Å². The summed E-state index contributed by atoms with van der Waals surface area (Å²) in [7, 11) is 0. The van der Waals surface area contributed by atoms with Crippen molar-refractivity contribution in [1.29, 1.82) is 0 Å². The summed E-state index contributed by atoms with van der Waals surface area (Å²) in [6.07, 6.45) is 0.0917. The maximum absolute atomic E-state index is 14.1. The van der Waals surface area contributed by atoms with Crippen LogP contribution in [0.3, 0.4) is 0 Å². The lowest BCUT2D eigenvalue weighted by Crippen LogP contribution is -2.44. The number of nitro benzene ring substituents is 1. The van der Waals surface area contributed by atoms with Gasteiger partial charge in [-0.1, -0.05) is 0 Å². The van der Waals surface area contributed by atoms with Crippen molar-refractivity contribution in [2.75, 3.05) is 4.90 Å². The Hall–Kier alpha value is -4.08. The molecule has 168 valence electrons. The molecular weight excluding hydrogens is 442 g/mol. The van der Waals surface area contributed by atoms with Crippen LogP contribution in [0.5, 0.6) is 0 Å². The molecule has 0 bridgehead atoms. The minimum absolute atomic E-state index is 0.0917. The van der Waals surface area contributed by atoms with Crippen molar-refractivity contribution in [3.63, 3.8) is 0 Å². The molecule has 1 aliphatic heterocycles. The Morgan fingerprint density at radius 2 is 1.70 bits per heavy atom. The van der Waals surface area contributed by atoms with Gasteiger partial charge in [0.15, 0.2) is 5.82 Å². The highest BCUT2D eigenvalue weighted by atomic mass is 19.1. The Bertz CT molecular complexity index is 1330. The number of carbonyl (C=O) groups excluding carboxylic acids is 1. The molecule has 3 aromatic rings. The van der Waals surface area contributed by atoms with Crippen LogP contribution in [0.1, 0.15) is 29.3 Å². The summed E-state index contributed by atoms with van der Waals surface area (Å²) in [5.74, 6) is -4.11. The van der Waals surface area contributed by atoms with Crippen LogP contribution in [-0.4, -0.2) is 22.6 Å². The predicted molar refractivity (Wildman–Crippen MR) is 113 cm³/mol. The fourth-order valence-electron chi connectivity index (χ4n) is 3.73. The maximum Gasteiger partial charge on any atom is 0.304 e. The number of fused-ring (bicyclic) bond motifs is 1. The molecule has 1 atom stereocenters. The van der Waals surface area contributed by atoms with E-state index in [4.69, 9.17) is 0 Å². The minimum Gasteiger partial charge on any atom is -0.305 e. The molecule has 4 rings (SSSR count). The van der Waals surface area contributed by atoms with Crippen molar-refractivity contribution in [1.82, 2.24) is 0 Å². The first-order valence-electron chi connectivity index (χ1n) is 9.75. The van der Waals surface area contributed by atoms with Gasteiger partial charge in [-0.15, -0.1) is 0 Å². The lowest BCUT2D eigenvalue weighted by Gasteiger charge is -2.36. The Balaban J connectivity index is 1.79. The van der Waals surface area contributed by atoms with Crippen LogP contribution in [-0.2, 0) is 0 Å². The molecule has 0 saturated heterocycles. The molecule has 0 radical (unpaired) electrons. The van der Waals surface area contributed by atoms with Gasteiger partial charge in [-0.05, 0) is 49.4 Å². The summed E-state index contributed by atoms with van der Waals surface area (Å²) in [5, 5.41) is 10.9. The second kappa shape index (κ2) is 8.45. The van der Waals surface area contributed by atoms with Crippen molar-refractivity contribution >= 4 is 28.7 Å². The normalized spacial score (nSPS) is 16.6. The molecular formula is C23H15F4N3O3. The summed E-state index contributed by atoms with van der Waals surface area (Å²) in [5.41, 5.74) is -0.304. The SMILES string of the molecule is CC1CC(=Nc2ccc(F)cc2F)c2cc(F)ccc2N1C(=O)c1ccc([N+](=O)[O-])c(F)c1. The number of aliphatic imine (C=N–C) groups is 1. The average molecular weight is 457 g/mol. The quantitative estimate of drug-likeness (QED) is 0.287.